The number of anilines is 2. The van der Waals surface area contributed by atoms with E-state index in [1.165, 1.54) is 0 Å². The van der Waals surface area contributed by atoms with Crippen molar-refractivity contribution in [1.82, 2.24) is 0 Å². The molecule has 0 atom stereocenters. The van der Waals surface area contributed by atoms with Crippen LogP contribution in [0.25, 0.3) is 0 Å². The first kappa shape index (κ1) is 20.5. The summed E-state index contributed by atoms with van der Waals surface area (Å²) in [7, 11) is 0. The van der Waals surface area contributed by atoms with Gasteiger partial charge in [-0.25, -0.2) is 0 Å². The summed E-state index contributed by atoms with van der Waals surface area (Å²) in [6, 6.07) is 14.8. The van der Waals surface area contributed by atoms with Crippen LogP contribution in [-0.2, 0) is 16.0 Å². The number of aryl methyl sites for hydroxylation is 1. The monoisotopic (exact) mass is 368 g/mol. The molecule has 2 amide bonds. The highest BCUT2D eigenvalue weighted by Gasteiger charge is 2.06. The zero-order chi connectivity index (χ0) is 19.5. The second kappa shape index (κ2) is 11.0. The van der Waals surface area contributed by atoms with E-state index in [2.05, 4.69) is 24.5 Å². The minimum atomic E-state index is -0.247. The number of rotatable bonds is 10. The van der Waals surface area contributed by atoms with Gasteiger partial charge >= 0.3 is 0 Å². The van der Waals surface area contributed by atoms with E-state index in [1.54, 1.807) is 24.3 Å². The Kier molecular flexibility index (Phi) is 8.36. The van der Waals surface area contributed by atoms with Gasteiger partial charge in [-0.05, 0) is 48.7 Å². The van der Waals surface area contributed by atoms with E-state index >= 15 is 0 Å². The molecule has 0 fully saturated rings. The fraction of sp³-hybridized carbons (Fsp3) is 0.364. The van der Waals surface area contributed by atoms with Gasteiger partial charge in [0.25, 0.3) is 5.91 Å². The smallest absolute Gasteiger partial charge is 0.262 e. The van der Waals surface area contributed by atoms with Crippen LogP contribution in [0.2, 0.25) is 0 Å². The molecule has 0 aromatic heterocycles. The Morgan fingerprint density at radius 2 is 1.59 bits per heavy atom. The molecule has 0 spiro atoms. The third-order valence-corrected chi connectivity index (χ3v) is 4.11. The second-order valence-corrected chi connectivity index (χ2v) is 6.42. The van der Waals surface area contributed by atoms with E-state index in [0.717, 1.165) is 31.2 Å². The minimum absolute atomic E-state index is 0.00827. The molecule has 5 nitrogen and oxygen atoms in total. The fourth-order valence-corrected chi connectivity index (χ4v) is 2.63. The fourth-order valence-electron chi connectivity index (χ4n) is 2.63. The molecule has 2 N–H and O–H groups in total. The normalized spacial score (nSPS) is 10.3. The number of nitrogens with one attached hydrogen (secondary N) is 2. The largest absolute Gasteiger partial charge is 0.484 e. The van der Waals surface area contributed by atoms with Gasteiger partial charge in [-0.2, -0.15) is 0 Å². The molecule has 0 bridgehead atoms. The SMILES string of the molecule is CCCCCC(=O)Nc1cccc(NC(=O)COc2cccc(CC)c2)c1. The minimum Gasteiger partial charge on any atom is -0.484 e. The summed E-state index contributed by atoms with van der Waals surface area (Å²) < 4.78 is 5.55. The highest BCUT2D eigenvalue weighted by molar-refractivity contribution is 5.94. The van der Waals surface area contributed by atoms with Crippen molar-refractivity contribution in [3.63, 3.8) is 0 Å². The average molecular weight is 368 g/mol. The molecule has 0 aliphatic rings. The first-order valence-electron chi connectivity index (χ1n) is 9.52. The van der Waals surface area contributed by atoms with Gasteiger partial charge in [-0.15, -0.1) is 0 Å². The zero-order valence-corrected chi connectivity index (χ0v) is 16.1. The van der Waals surface area contributed by atoms with Crippen LogP contribution in [0.1, 0.15) is 45.1 Å². The topological polar surface area (TPSA) is 67.4 Å². The van der Waals surface area contributed by atoms with Crippen molar-refractivity contribution in [1.29, 1.82) is 0 Å². The lowest BCUT2D eigenvalue weighted by Crippen LogP contribution is -2.20. The van der Waals surface area contributed by atoms with Crippen molar-refractivity contribution in [2.45, 2.75) is 46.0 Å². The van der Waals surface area contributed by atoms with Crippen molar-refractivity contribution >= 4 is 23.2 Å². The molecule has 27 heavy (non-hydrogen) atoms. The van der Waals surface area contributed by atoms with Gasteiger partial charge in [-0.3, -0.25) is 9.59 Å². The number of amides is 2. The van der Waals surface area contributed by atoms with E-state index in [0.29, 0.717) is 23.5 Å². The molecule has 0 unspecified atom stereocenters. The summed E-state index contributed by atoms with van der Waals surface area (Å²) in [4.78, 5) is 24.0. The van der Waals surface area contributed by atoms with E-state index in [9.17, 15) is 9.59 Å². The van der Waals surface area contributed by atoms with Crippen LogP contribution in [0.5, 0.6) is 5.75 Å². The number of carbonyl (C=O) groups excluding carboxylic acids is 2. The highest BCUT2D eigenvalue weighted by atomic mass is 16.5. The lowest BCUT2D eigenvalue weighted by atomic mass is 10.2. The van der Waals surface area contributed by atoms with Crippen molar-refractivity contribution in [3.8, 4) is 5.75 Å². The first-order valence-corrected chi connectivity index (χ1v) is 9.52. The molecule has 5 heteroatoms. The molecule has 0 aliphatic carbocycles. The summed E-state index contributed by atoms with van der Waals surface area (Å²) >= 11 is 0. The Morgan fingerprint density at radius 3 is 2.30 bits per heavy atom. The van der Waals surface area contributed by atoms with Crippen LogP contribution in [0.15, 0.2) is 48.5 Å². The second-order valence-electron chi connectivity index (χ2n) is 6.42. The molecule has 0 aliphatic heterocycles. The Bertz CT molecular complexity index is 759. The summed E-state index contributed by atoms with van der Waals surface area (Å²) in [5, 5.41) is 5.65. The van der Waals surface area contributed by atoms with E-state index in [1.807, 2.05) is 24.3 Å². The predicted octanol–water partition coefficient (Wildman–Crippen LogP) is 4.79. The standard InChI is InChI=1S/C22H28N2O3/c1-3-5-6-13-21(25)23-18-10-8-11-19(15-18)24-22(26)16-27-20-12-7-9-17(4-2)14-20/h7-12,14-15H,3-6,13,16H2,1-2H3,(H,23,25)(H,24,26). The zero-order valence-electron chi connectivity index (χ0n) is 16.1. The van der Waals surface area contributed by atoms with Gasteiger partial charge in [0.2, 0.25) is 5.91 Å². The maximum atomic E-state index is 12.1. The number of hydrogen-bond donors (Lipinski definition) is 2. The van der Waals surface area contributed by atoms with Crippen LogP contribution in [0, 0.1) is 0 Å². The Hall–Kier alpha value is -2.82. The summed E-state index contributed by atoms with van der Waals surface area (Å²) in [6.07, 6.45) is 4.44. The van der Waals surface area contributed by atoms with Gasteiger partial charge in [0.05, 0.1) is 0 Å². The maximum absolute atomic E-state index is 12.1. The van der Waals surface area contributed by atoms with Crippen LogP contribution >= 0.6 is 0 Å². The average Bonchev–Trinajstić information content (AvgIpc) is 2.67. The maximum Gasteiger partial charge on any atom is 0.262 e. The highest BCUT2D eigenvalue weighted by Crippen LogP contribution is 2.17. The molecular weight excluding hydrogens is 340 g/mol. The van der Waals surface area contributed by atoms with Gasteiger partial charge in [0.1, 0.15) is 5.75 Å². The predicted molar refractivity (Wildman–Crippen MR) is 109 cm³/mol. The van der Waals surface area contributed by atoms with Gasteiger partial charge in [-0.1, -0.05) is 44.9 Å². The number of ether oxygens (including phenoxy) is 1. The van der Waals surface area contributed by atoms with Crippen LogP contribution in [0.4, 0.5) is 11.4 Å². The van der Waals surface area contributed by atoms with Crippen molar-refractivity contribution in [3.05, 3.63) is 54.1 Å². The number of hydrogen-bond acceptors (Lipinski definition) is 3. The van der Waals surface area contributed by atoms with Gasteiger partial charge in [0.15, 0.2) is 6.61 Å². The van der Waals surface area contributed by atoms with Crippen molar-refractivity contribution in [2.24, 2.45) is 0 Å². The molecule has 0 heterocycles. The lowest BCUT2D eigenvalue weighted by molar-refractivity contribution is -0.118. The summed E-state index contributed by atoms with van der Waals surface area (Å²) in [5.74, 6) is 0.423. The van der Waals surface area contributed by atoms with Gasteiger partial charge < -0.3 is 15.4 Å². The molecular formula is C22H28N2O3. The third-order valence-electron chi connectivity index (χ3n) is 4.11. The Labute approximate surface area is 161 Å². The molecule has 0 radical (unpaired) electrons. The summed E-state index contributed by atoms with van der Waals surface area (Å²) in [5.41, 5.74) is 2.46. The third kappa shape index (κ3) is 7.52. The summed E-state index contributed by atoms with van der Waals surface area (Å²) in [6.45, 7) is 4.11. The van der Waals surface area contributed by atoms with Crippen molar-refractivity contribution < 1.29 is 14.3 Å². The van der Waals surface area contributed by atoms with Gasteiger partial charge in [0, 0.05) is 17.8 Å². The van der Waals surface area contributed by atoms with Crippen LogP contribution in [0.3, 0.4) is 0 Å². The molecule has 0 saturated heterocycles. The molecule has 0 saturated carbocycles. The Morgan fingerprint density at radius 1 is 0.889 bits per heavy atom. The van der Waals surface area contributed by atoms with Crippen molar-refractivity contribution in [2.75, 3.05) is 17.2 Å². The molecule has 144 valence electrons. The number of carbonyl (C=O) groups is 2. The van der Waals surface area contributed by atoms with E-state index in [4.69, 9.17) is 4.74 Å². The number of benzene rings is 2. The Balaban J connectivity index is 1.83. The first-order chi connectivity index (χ1) is 13.1. The van der Waals surface area contributed by atoms with E-state index < -0.39 is 0 Å². The quantitative estimate of drug-likeness (QED) is 0.593. The van der Waals surface area contributed by atoms with E-state index in [-0.39, 0.29) is 18.4 Å². The number of unbranched alkanes of at least 4 members (excludes halogenated alkanes) is 2. The molecule has 2 aromatic rings. The molecule has 2 rings (SSSR count). The van der Waals surface area contributed by atoms with Crippen LogP contribution < -0.4 is 15.4 Å². The lowest BCUT2D eigenvalue weighted by Gasteiger charge is -2.10. The molecule has 2 aromatic carbocycles. The van der Waals surface area contributed by atoms with Crippen LogP contribution in [-0.4, -0.2) is 18.4 Å².